The van der Waals surface area contributed by atoms with Crippen LogP contribution in [0.25, 0.3) is 17.1 Å². The van der Waals surface area contributed by atoms with E-state index in [2.05, 4.69) is 14.9 Å². The van der Waals surface area contributed by atoms with E-state index in [0.717, 1.165) is 5.69 Å². The van der Waals surface area contributed by atoms with Gasteiger partial charge in [-0.25, -0.2) is 0 Å². The second kappa shape index (κ2) is 7.79. The average molecular weight is 370 g/mol. The highest BCUT2D eigenvalue weighted by Crippen LogP contribution is 2.28. The molecule has 0 N–H and O–H groups in total. The molecule has 3 rings (SSSR count). The minimum atomic E-state index is -0.455. The van der Waals surface area contributed by atoms with Crippen LogP contribution in [0.1, 0.15) is 0 Å². The number of nitro benzene ring substituents is 1. The molecule has 132 valence electrons. The summed E-state index contributed by atoms with van der Waals surface area (Å²) in [6.07, 6.45) is 0. The van der Waals surface area contributed by atoms with Gasteiger partial charge >= 0.3 is 5.97 Å². The molecule has 0 atom stereocenters. The molecule has 1 heterocycles. The van der Waals surface area contributed by atoms with Crippen LogP contribution in [0.2, 0.25) is 0 Å². The number of hydrogen-bond acceptors (Lipinski definition) is 7. The fourth-order valence-corrected chi connectivity index (χ4v) is 3.06. The summed E-state index contributed by atoms with van der Waals surface area (Å²) in [6, 6.07) is 15.5. The van der Waals surface area contributed by atoms with Gasteiger partial charge < -0.3 is 4.74 Å². The number of non-ortho nitro benzene ring substituents is 1. The Labute approximate surface area is 153 Å². The highest BCUT2D eigenvalue weighted by atomic mass is 32.2. The van der Waals surface area contributed by atoms with E-state index in [4.69, 9.17) is 0 Å². The highest BCUT2D eigenvalue weighted by molar-refractivity contribution is 7.99. The average Bonchev–Trinajstić information content (AvgIpc) is 3.10. The number of hydrogen-bond donors (Lipinski definition) is 0. The molecule has 9 heteroatoms. The lowest BCUT2D eigenvalue weighted by Crippen LogP contribution is -2.05. The number of ether oxygens (including phenoxy) is 1. The van der Waals surface area contributed by atoms with Crippen molar-refractivity contribution in [1.29, 1.82) is 0 Å². The number of rotatable bonds is 6. The van der Waals surface area contributed by atoms with Gasteiger partial charge in [-0.15, -0.1) is 10.2 Å². The zero-order chi connectivity index (χ0) is 18.5. The molecule has 0 radical (unpaired) electrons. The molecule has 8 nitrogen and oxygen atoms in total. The van der Waals surface area contributed by atoms with Gasteiger partial charge in [-0.3, -0.25) is 19.5 Å². The summed E-state index contributed by atoms with van der Waals surface area (Å²) >= 11 is 1.20. The summed E-state index contributed by atoms with van der Waals surface area (Å²) in [4.78, 5) is 21.8. The Morgan fingerprint density at radius 3 is 2.46 bits per heavy atom. The van der Waals surface area contributed by atoms with Crippen LogP contribution in [-0.4, -0.2) is 38.5 Å². The normalized spacial score (nSPS) is 10.5. The van der Waals surface area contributed by atoms with Crippen LogP contribution in [0.3, 0.4) is 0 Å². The third-order valence-electron chi connectivity index (χ3n) is 3.53. The van der Waals surface area contributed by atoms with E-state index < -0.39 is 4.92 Å². The molecule has 0 saturated heterocycles. The largest absolute Gasteiger partial charge is 0.468 e. The number of para-hydroxylation sites is 1. The van der Waals surface area contributed by atoms with Crippen LogP contribution in [0.15, 0.2) is 59.8 Å². The lowest BCUT2D eigenvalue weighted by Gasteiger charge is -2.10. The van der Waals surface area contributed by atoms with Gasteiger partial charge in [0.1, 0.15) is 0 Å². The number of benzene rings is 2. The van der Waals surface area contributed by atoms with Crippen molar-refractivity contribution in [2.24, 2.45) is 0 Å². The first-order valence-corrected chi connectivity index (χ1v) is 8.54. The van der Waals surface area contributed by atoms with Gasteiger partial charge in [-0.2, -0.15) is 0 Å². The topological polar surface area (TPSA) is 100 Å². The van der Waals surface area contributed by atoms with Gasteiger partial charge in [-0.05, 0) is 24.3 Å². The van der Waals surface area contributed by atoms with Crippen molar-refractivity contribution in [3.05, 3.63) is 64.7 Å². The fraction of sp³-hybridized carbons (Fsp3) is 0.118. The van der Waals surface area contributed by atoms with Gasteiger partial charge in [0.15, 0.2) is 11.0 Å². The second-order valence-corrected chi connectivity index (χ2v) is 6.09. The lowest BCUT2D eigenvalue weighted by molar-refractivity contribution is -0.384. The third kappa shape index (κ3) is 3.72. The maximum atomic E-state index is 11.4. The molecule has 0 aliphatic heterocycles. The van der Waals surface area contributed by atoms with E-state index in [1.165, 1.54) is 31.0 Å². The predicted molar refractivity (Wildman–Crippen MR) is 96.2 cm³/mol. The van der Waals surface area contributed by atoms with Crippen LogP contribution >= 0.6 is 11.8 Å². The Balaban J connectivity index is 2.03. The van der Waals surface area contributed by atoms with Crippen molar-refractivity contribution in [3.63, 3.8) is 0 Å². The maximum absolute atomic E-state index is 11.4. The van der Waals surface area contributed by atoms with Gasteiger partial charge in [-0.1, -0.05) is 30.0 Å². The Hall–Kier alpha value is -3.20. The van der Waals surface area contributed by atoms with Crippen LogP contribution in [0.4, 0.5) is 5.69 Å². The second-order valence-electron chi connectivity index (χ2n) is 5.15. The first-order valence-electron chi connectivity index (χ1n) is 7.55. The highest BCUT2D eigenvalue weighted by Gasteiger charge is 2.18. The maximum Gasteiger partial charge on any atom is 0.316 e. The standard InChI is InChI=1S/C17H14N4O4S/c1-25-15(22)11-26-17-19-18-16(20(17)13-5-3-2-4-6-13)12-7-9-14(10-8-12)21(23)24/h2-10H,11H2,1H3. The molecule has 2 aromatic carbocycles. The molecule has 0 aliphatic carbocycles. The smallest absolute Gasteiger partial charge is 0.316 e. The van der Waals surface area contributed by atoms with Crippen LogP contribution < -0.4 is 0 Å². The molecule has 1 aromatic heterocycles. The molecule has 0 aliphatic rings. The number of carbonyl (C=O) groups excluding carboxylic acids is 1. The van der Waals surface area contributed by atoms with Crippen molar-refractivity contribution in [2.75, 3.05) is 12.9 Å². The molecule has 3 aromatic rings. The van der Waals surface area contributed by atoms with Gasteiger partial charge in [0, 0.05) is 23.4 Å². The van der Waals surface area contributed by atoms with Crippen molar-refractivity contribution in [3.8, 4) is 17.1 Å². The zero-order valence-corrected chi connectivity index (χ0v) is 14.5. The van der Waals surface area contributed by atoms with Gasteiger partial charge in [0.05, 0.1) is 17.8 Å². The summed E-state index contributed by atoms with van der Waals surface area (Å²) < 4.78 is 6.46. The van der Waals surface area contributed by atoms with E-state index in [1.54, 1.807) is 16.7 Å². The molecule has 0 saturated carbocycles. The SMILES string of the molecule is COC(=O)CSc1nnc(-c2ccc([N+](=O)[O-])cc2)n1-c1ccccc1. The first-order chi connectivity index (χ1) is 12.6. The van der Waals surface area contributed by atoms with E-state index in [1.807, 2.05) is 30.3 Å². The molecule has 0 bridgehead atoms. The first kappa shape index (κ1) is 17.6. The predicted octanol–water partition coefficient (Wildman–Crippen LogP) is 3.11. The monoisotopic (exact) mass is 370 g/mol. The summed E-state index contributed by atoms with van der Waals surface area (Å²) in [6.45, 7) is 0. The van der Waals surface area contributed by atoms with Crippen molar-refractivity contribution in [2.45, 2.75) is 5.16 Å². The van der Waals surface area contributed by atoms with Crippen LogP contribution in [-0.2, 0) is 9.53 Å². The minimum Gasteiger partial charge on any atom is -0.468 e. The molecule has 0 spiro atoms. The van der Waals surface area contributed by atoms with E-state index in [-0.39, 0.29) is 17.4 Å². The quantitative estimate of drug-likeness (QED) is 0.284. The Kier molecular flexibility index (Phi) is 5.28. The number of aromatic nitrogens is 3. The van der Waals surface area contributed by atoms with E-state index in [0.29, 0.717) is 16.5 Å². The Morgan fingerprint density at radius 2 is 1.85 bits per heavy atom. The number of nitrogens with zero attached hydrogens (tertiary/aromatic N) is 4. The van der Waals surface area contributed by atoms with Crippen molar-refractivity contribution >= 4 is 23.4 Å². The third-order valence-corrected chi connectivity index (χ3v) is 4.43. The van der Waals surface area contributed by atoms with Gasteiger partial charge in [0.25, 0.3) is 5.69 Å². The summed E-state index contributed by atoms with van der Waals surface area (Å²) in [5, 5.41) is 19.7. The summed E-state index contributed by atoms with van der Waals surface area (Å²) in [5.74, 6) is 0.259. The lowest BCUT2D eigenvalue weighted by atomic mass is 10.2. The number of methoxy groups -OCH3 is 1. The number of nitro groups is 1. The molecular formula is C17H14N4O4S. The van der Waals surface area contributed by atoms with E-state index in [9.17, 15) is 14.9 Å². The summed E-state index contributed by atoms with van der Waals surface area (Å²) in [7, 11) is 1.33. The molecule has 0 amide bonds. The molecule has 26 heavy (non-hydrogen) atoms. The van der Waals surface area contributed by atoms with Crippen LogP contribution in [0, 0.1) is 10.1 Å². The number of thioether (sulfide) groups is 1. The van der Waals surface area contributed by atoms with Gasteiger partial charge in [0.2, 0.25) is 0 Å². The number of carbonyl (C=O) groups is 1. The molecular weight excluding hydrogens is 356 g/mol. The summed E-state index contributed by atoms with van der Waals surface area (Å²) in [5.41, 5.74) is 1.50. The zero-order valence-electron chi connectivity index (χ0n) is 13.7. The Morgan fingerprint density at radius 1 is 1.15 bits per heavy atom. The minimum absolute atomic E-state index is 0.000170. The van der Waals surface area contributed by atoms with Crippen molar-refractivity contribution in [1.82, 2.24) is 14.8 Å². The van der Waals surface area contributed by atoms with Crippen LogP contribution in [0.5, 0.6) is 0 Å². The molecule has 0 fully saturated rings. The fourth-order valence-electron chi connectivity index (χ4n) is 2.27. The molecule has 0 unspecified atom stereocenters. The number of esters is 1. The Bertz CT molecular complexity index is 926. The van der Waals surface area contributed by atoms with Crippen molar-refractivity contribution < 1.29 is 14.5 Å². The van der Waals surface area contributed by atoms with E-state index >= 15 is 0 Å².